The molecule has 0 aliphatic carbocycles. The fraction of sp³-hybridized carbons (Fsp3) is 0.296. The first kappa shape index (κ1) is 23.8. The van der Waals surface area contributed by atoms with Crippen molar-refractivity contribution in [1.29, 1.82) is 0 Å². The molecule has 1 heterocycles. The van der Waals surface area contributed by atoms with Crippen LogP contribution in [-0.4, -0.2) is 59.4 Å². The van der Waals surface area contributed by atoms with Gasteiger partial charge in [0.25, 0.3) is 0 Å². The molecule has 0 aromatic heterocycles. The van der Waals surface area contributed by atoms with Crippen molar-refractivity contribution in [1.82, 2.24) is 9.80 Å². The number of carbonyl (C=O) groups is 1. The quantitative estimate of drug-likeness (QED) is 0.300. The molecule has 0 amide bonds. The number of thioether (sulfide) groups is 1. The van der Waals surface area contributed by atoms with E-state index in [1.54, 1.807) is 23.9 Å². The molecule has 1 saturated heterocycles. The van der Waals surface area contributed by atoms with E-state index in [4.69, 9.17) is 11.6 Å². The van der Waals surface area contributed by atoms with Crippen LogP contribution in [0.3, 0.4) is 0 Å². The van der Waals surface area contributed by atoms with Crippen molar-refractivity contribution in [3.63, 3.8) is 0 Å². The van der Waals surface area contributed by atoms with Crippen LogP contribution >= 0.6 is 23.4 Å². The largest absolute Gasteiger partial charge is 0.478 e. The number of aromatic carboxylic acids is 1. The van der Waals surface area contributed by atoms with Crippen molar-refractivity contribution in [3.05, 3.63) is 88.9 Å². The van der Waals surface area contributed by atoms with Crippen LogP contribution in [0.5, 0.6) is 0 Å². The van der Waals surface area contributed by atoms with Crippen molar-refractivity contribution < 1.29 is 9.90 Å². The monoisotopic (exact) mass is 480 g/mol. The molecule has 0 bridgehead atoms. The minimum atomic E-state index is -0.855. The Balaban J connectivity index is 1.23. The molecule has 0 atom stereocenters. The highest BCUT2D eigenvalue weighted by atomic mass is 35.5. The number of carboxylic acid groups (broad SMARTS) is 1. The van der Waals surface area contributed by atoms with Crippen molar-refractivity contribution in [2.75, 3.05) is 38.5 Å². The van der Waals surface area contributed by atoms with E-state index in [0.29, 0.717) is 5.56 Å². The SMILES string of the molecule is O=C(O)c1ccccc1SCCCN1CCN(Cc2ccccc2-c2ccc(Cl)cc2)CC1. The molecule has 172 valence electrons. The molecule has 1 fully saturated rings. The van der Waals surface area contributed by atoms with Crippen LogP contribution in [0.2, 0.25) is 5.02 Å². The van der Waals surface area contributed by atoms with Crippen molar-refractivity contribution >= 4 is 29.3 Å². The zero-order valence-corrected chi connectivity index (χ0v) is 20.2. The summed E-state index contributed by atoms with van der Waals surface area (Å²) in [5.74, 6) is 0.0748. The molecule has 4 nitrogen and oxygen atoms in total. The fourth-order valence-corrected chi connectivity index (χ4v) is 5.33. The third-order valence-corrected chi connectivity index (χ3v) is 7.44. The summed E-state index contributed by atoms with van der Waals surface area (Å²) in [5.41, 5.74) is 4.22. The molecule has 0 saturated carbocycles. The Bertz CT molecular complexity index is 1070. The van der Waals surface area contributed by atoms with E-state index < -0.39 is 5.97 Å². The molecule has 4 rings (SSSR count). The Labute approximate surface area is 205 Å². The van der Waals surface area contributed by atoms with Gasteiger partial charge in [0.1, 0.15) is 0 Å². The first-order chi connectivity index (χ1) is 16.1. The van der Waals surface area contributed by atoms with Crippen LogP contribution in [0.1, 0.15) is 22.3 Å². The Morgan fingerprint density at radius 1 is 0.879 bits per heavy atom. The van der Waals surface area contributed by atoms with Gasteiger partial charge < -0.3 is 10.0 Å². The summed E-state index contributed by atoms with van der Waals surface area (Å²) >= 11 is 7.71. The van der Waals surface area contributed by atoms with E-state index in [9.17, 15) is 9.90 Å². The maximum Gasteiger partial charge on any atom is 0.336 e. The van der Waals surface area contributed by atoms with E-state index in [0.717, 1.165) is 61.4 Å². The molecule has 1 N–H and O–H groups in total. The van der Waals surface area contributed by atoms with Gasteiger partial charge in [-0.1, -0.05) is 60.1 Å². The average molecular weight is 481 g/mol. The first-order valence-corrected chi connectivity index (χ1v) is 12.7. The normalized spacial score (nSPS) is 14.9. The summed E-state index contributed by atoms with van der Waals surface area (Å²) in [5, 5.41) is 10.1. The van der Waals surface area contributed by atoms with E-state index >= 15 is 0 Å². The Morgan fingerprint density at radius 2 is 1.55 bits per heavy atom. The molecule has 1 aliphatic heterocycles. The summed E-state index contributed by atoms with van der Waals surface area (Å²) in [4.78, 5) is 17.3. The summed E-state index contributed by atoms with van der Waals surface area (Å²) in [6, 6.07) is 24.0. The third kappa shape index (κ3) is 6.61. The van der Waals surface area contributed by atoms with Gasteiger partial charge in [0, 0.05) is 42.6 Å². The molecule has 33 heavy (non-hydrogen) atoms. The number of carboxylic acids is 1. The lowest BCUT2D eigenvalue weighted by Crippen LogP contribution is -2.46. The fourth-order valence-electron chi connectivity index (χ4n) is 4.22. The zero-order valence-electron chi connectivity index (χ0n) is 18.6. The van der Waals surface area contributed by atoms with Gasteiger partial charge in [0.05, 0.1) is 5.56 Å². The lowest BCUT2D eigenvalue weighted by Gasteiger charge is -2.35. The van der Waals surface area contributed by atoms with Gasteiger partial charge in [-0.25, -0.2) is 4.79 Å². The highest BCUT2D eigenvalue weighted by Crippen LogP contribution is 2.27. The van der Waals surface area contributed by atoms with E-state index in [-0.39, 0.29) is 0 Å². The molecule has 3 aromatic carbocycles. The van der Waals surface area contributed by atoms with Crippen molar-refractivity contribution in [2.24, 2.45) is 0 Å². The van der Waals surface area contributed by atoms with Crippen LogP contribution in [0.25, 0.3) is 11.1 Å². The molecule has 1 aliphatic rings. The van der Waals surface area contributed by atoms with Crippen LogP contribution in [0, 0.1) is 0 Å². The maximum atomic E-state index is 11.3. The van der Waals surface area contributed by atoms with Gasteiger partial charge in [0.2, 0.25) is 0 Å². The van der Waals surface area contributed by atoms with E-state index in [2.05, 4.69) is 46.2 Å². The van der Waals surface area contributed by atoms with Gasteiger partial charge in [-0.15, -0.1) is 11.8 Å². The summed E-state index contributed by atoms with van der Waals surface area (Å²) in [6.45, 7) is 6.26. The van der Waals surface area contributed by atoms with Crippen LogP contribution in [-0.2, 0) is 6.54 Å². The van der Waals surface area contributed by atoms with Gasteiger partial charge in [-0.3, -0.25) is 4.90 Å². The lowest BCUT2D eigenvalue weighted by atomic mass is 9.99. The molecule has 0 unspecified atom stereocenters. The zero-order chi connectivity index (χ0) is 23.0. The van der Waals surface area contributed by atoms with Crippen molar-refractivity contribution in [2.45, 2.75) is 17.9 Å². The highest BCUT2D eigenvalue weighted by molar-refractivity contribution is 7.99. The second-order valence-corrected chi connectivity index (χ2v) is 9.86. The number of rotatable bonds is 9. The van der Waals surface area contributed by atoms with Crippen LogP contribution in [0.4, 0.5) is 0 Å². The molecule has 6 heteroatoms. The van der Waals surface area contributed by atoms with E-state index in [1.807, 2.05) is 24.3 Å². The molecule has 0 radical (unpaired) electrons. The summed E-state index contributed by atoms with van der Waals surface area (Å²) < 4.78 is 0. The second-order valence-electron chi connectivity index (χ2n) is 8.29. The van der Waals surface area contributed by atoms with E-state index in [1.165, 1.54) is 16.7 Å². The number of hydrogen-bond acceptors (Lipinski definition) is 4. The number of nitrogens with zero attached hydrogens (tertiary/aromatic N) is 2. The molecule has 3 aromatic rings. The Hall–Kier alpha value is -2.31. The minimum Gasteiger partial charge on any atom is -0.478 e. The molecular weight excluding hydrogens is 452 g/mol. The maximum absolute atomic E-state index is 11.3. The van der Waals surface area contributed by atoms with Crippen LogP contribution in [0.15, 0.2) is 77.7 Å². The third-order valence-electron chi connectivity index (χ3n) is 6.03. The topological polar surface area (TPSA) is 43.8 Å². The lowest BCUT2D eigenvalue weighted by molar-refractivity contribution is 0.0693. The van der Waals surface area contributed by atoms with Crippen LogP contribution < -0.4 is 0 Å². The summed E-state index contributed by atoms with van der Waals surface area (Å²) in [7, 11) is 0. The van der Waals surface area contributed by atoms with Gasteiger partial charge in [-0.05, 0) is 59.7 Å². The predicted molar refractivity (Wildman–Crippen MR) is 137 cm³/mol. The van der Waals surface area contributed by atoms with Gasteiger partial charge in [-0.2, -0.15) is 0 Å². The Morgan fingerprint density at radius 3 is 2.30 bits per heavy atom. The summed E-state index contributed by atoms with van der Waals surface area (Å²) in [6.07, 6.45) is 1.05. The Kier molecular flexibility index (Phi) is 8.46. The second kappa shape index (κ2) is 11.7. The number of halogens is 1. The first-order valence-electron chi connectivity index (χ1n) is 11.3. The average Bonchev–Trinajstić information content (AvgIpc) is 2.84. The van der Waals surface area contributed by atoms with Gasteiger partial charge in [0.15, 0.2) is 0 Å². The smallest absolute Gasteiger partial charge is 0.336 e. The number of benzene rings is 3. The predicted octanol–water partition coefficient (Wildman–Crippen LogP) is 6.01. The van der Waals surface area contributed by atoms with Crippen molar-refractivity contribution in [3.8, 4) is 11.1 Å². The highest BCUT2D eigenvalue weighted by Gasteiger charge is 2.18. The standard InChI is InChI=1S/C27H29ClN2O2S/c28-23-12-10-21(11-13-23)24-7-2-1-6-22(24)20-30-17-15-29(16-18-30)14-5-19-33-26-9-4-3-8-25(26)27(31)32/h1-4,6-13H,5,14-20H2,(H,31,32). The molecule has 0 spiro atoms. The number of hydrogen-bond donors (Lipinski definition) is 1. The number of piperazine rings is 1. The molecular formula is C27H29ClN2O2S. The minimum absolute atomic E-state index is 0.398. The van der Waals surface area contributed by atoms with Gasteiger partial charge >= 0.3 is 5.97 Å².